The molecule has 4 heteroatoms. The van der Waals surface area contributed by atoms with Gasteiger partial charge in [0, 0.05) is 6.92 Å². The van der Waals surface area contributed by atoms with Gasteiger partial charge in [-0.3, -0.25) is 4.79 Å². The van der Waals surface area contributed by atoms with E-state index in [-0.39, 0.29) is 11.4 Å². The molecule has 2 bridgehead atoms. The van der Waals surface area contributed by atoms with Crippen LogP contribution in [0.15, 0.2) is 0 Å². The summed E-state index contributed by atoms with van der Waals surface area (Å²) in [5.41, 5.74) is 0.0885. The number of carbonyl (C=O) groups excluding carboxylic acids is 1. The molecule has 0 aromatic rings. The number of hydrogen-bond acceptors (Lipinski definition) is 2. The number of piperazine rings is 1. The summed E-state index contributed by atoms with van der Waals surface area (Å²) in [5.74, 6) is 0.192. The molecule has 0 aromatic heterocycles. The summed E-state index contributed by atoms with van der Waals surface area (Å²) in [4.78, 5) is 19.2. The van der Waals surface area contributed by atoms with Crippen LogP contribution < -0.4 is 0 Å². The number of amides is 1. The molecule has 0 N–H and O–H groups in total. The third-order valence-corrected chi connectivity index (χ3v) is 4.29. The predicted molar refractivity (Wildman–Crippen MR) is 61.5 cm³/mol. The minimum absolute atomic E-state index is 0.0885. The van der Waals surface area contributed by atoms with Crippen LogP contribution in [0.3, 0.4) is 0 Å². The molecule has 0 aromatic carbocycles. The van der Waals surface area contributed by atoms with Crippen LogP contribution in [0.25, 0.3) is 0 Å². The summed E-state index contributed by atoms with van der Waals surface area (Å²) in [5, 5.41) is 0. The number of carbonyl (C=O) groups is 1. The zero-order valence-corrected chi connectivity index (χ0v) is 11.0. The van der Waals surface area contributed by atoms with Crippen molar-refractivity contribution >= 4 is 5.91 Å². The number of rotatable bonds is 1. The van der Waals surface area contributed by atoms with Crippen LogP contribution in [0, 0.1) is 0 Å². The third-order valence-electron chi connectivity index (χ3n) is 4.29. The Balaban J connectivity index is 2.21. The Morgan fingerprint density at radius 3 is 2.12 bits per heavy atom. The van der Waals surface area contributed by atoms with Gasteiger partial charge in [-0.05, 0) is 20.8 Å². The Hall–Kier alpha value is -0.610. The lowest BCUT2D eigenvalue weighted by Crippen LogP contribution is -2.84. The molecular weight excluding hydrogens is 204 g/mol. The lowest BCUT2D eigenvalue weighted by Gasteiger charge is -2.64. The quantitative estimate of drug-likeness (QED) is 0.629. The molecule has 4 nitrogen and oxygen atoms in total. The van der Waals surface area contributed by atoms with Crippen molar-refractivity contribution in [2.45, 2.75) is 51.7 Å². The molecule has 2 atom stereocenters. The van der Waals surface area contributed by atoms with Crippen LogP contribution in [0.2, 0.25) is 0 Å². The van der Waals surface area contributed by atoms with Gasteiger partial charge >= 0.3 is 0 Å². The summed E-state index contributed by atoms with van der Waals surface area (Å²) in [6, 6.07) is 0.903. The second-order valence-electron chi connectivity index (χ2n) is 6.03. The van der Waals surface area contributed by atoms with Crippen LogP contribution in [-0.2, 0) is 9.63 Å². The van der Waals surface area contributed by atoms with Crippen molar-refractivity contribution in [2.75, 3.05) is 20.2 Å². The number of piperidine rings is 1. The average molecular weight is 227 g/mol. The highest BCUT2D eigenvalue weighted by Gasteiger charge is 2.66. The fourth-order valence-corrected chi connectivity index (χ4v) is 3.69. The molecule has 3 saturated heterocycles. The first kappa shape index (κ1) is 11.9. The van der Waals surface area contributed by atoms with Crippen molar-refractivity contribution in [3.05, 3.63) is 0 Å². The zero-order valence-electron chi connectivity index (χ0n) is 11.0. The van der Waals surface area contributed by atoms with Crippen molar-refractivity contribution in [1.82, 2.24) is 4.90 Å². The maximum Gasteiger partial charge on any atom is 0.219 e. The van der Waals surface area contributed by atoms with Crippen molar-refractivity contribution in [3.8, 4) is 0 Å². The first-order valence-electron chi connectivity index (χ1n) is 6.02. The van der Waals surface area contributed by atoms with E-state index in [1.165, 1.54) is 6.42 Å². The maximum absolute atomic E-state index is 11.4. The second-order valence-corrected chi connectivity index (χ2v) is 6.03. The van der Waals surface area contributed by atoms with Crippen LogP contribution >= 0.6 is 0 Å². The van der Waals surface area contributed by atoms with Gasteiger partial charge in [-0.15, -0.1) is 0 Å². The first-order chi connectivity index (χ1) is 7.33. The van der Waals surface area contributed by atoms with Gasteiger partial charge in [0.25, 0.3) is 0 Å². The lowest BCUT2D eigenvalue weighted by molar-refractivity contribution is -1.20. The van der Waals surface area contributed by atoms with Crippen molar-refractivity contribution < 1.29 is 14.3 Å². The molecule has 0 spiro atoms. The molecule has 2 unspecified atom stereocenters. The summed E-state index contributed by atoms with van der Waals surface area (Å²) in [7, 11) is 1.80. The Morgan fingerprint density at radius 2 is 1.81 bits per heavy atom. The van der Waals surface area contributed by atoms with E-state index >= 15 is 0 Å². The van der Waals surface area contributed by atoms with E-state index in [0.29, 0.717) is 12.1 Å². The summed E-state index contributed by atoms with van der Waals surface area (Å²) in [6.45, 7) is 10.0. The number of quaternary nitrogens is 1. The molecule has 3 aliphatic rings. The summed E-state index contributed by atoms with van der Waals surface area (Å²) < 4.78 is 0.719. The van der Waals surface area contributed by atoms with Gasteiger partial charge in [0.1, 0.15) is 17.6 Å². The molecule has 3 rings (SSSR count). The van der Waals surface area contributed by atoms with Crippen molar-refractivity contribution in [3.63, 3.8) is 0 Å². The molecule has 0 saturated carbocycles. The number of fused-ring (bicyclic) bond motifs is 2. The topological polar surface area (TPSA) is 29.5 Å². The number of hydrogen-bond donors (Lipinski definition) is 0. The van der Waals surface area contributed by atoms with Gasteiger partial charge in [-0.25, -0.2) is 4.84 Å². The fourth-order valence-electron chi connectivity index (χ4n) is 3.69. The maximum atomic E-state index is 11.4. The highest BCUT2D eigenvalue weighted by atomic mass is 16.7. The summed E-state index contributed by atoms with van der Waals surface area (Å²) in [6.07, 6.45) is 1.19. The van der Waals surface area contributed by atoms with Gasteiger partial charge in [0.2, 0.25) is 5.91 Å². The van der Waals surface area contributed by atoms with Crippen LogP contribution in [0.5, 0.6) is 0 Å². The van der Waals surface area contributed by atoms with E-state index < -0.39 is 0 Å². The highest BCUT2D eigenvalue weighted by molar-refractivity contribution is 5.73. The van der Waals surface area contributed by atoms with E-state index in [2.05, 4.69) is 20.8 Å². The minimum atomic E-state index is 0.0885. The Morgan fingerprint density at radius 1 is 1.31 bits per heavy atom. The van der Waals surface area contributed by atoms with E-state index in [1.54, 1.807) is 14.0 Å². The highest BCUT2D eigenvalue weighted by Crippen LogP contribution is 2.47. The van der Waals surface area contributed by atoms with E-state index in [1.807, 2.05) is 4.90 Å². The van der Waals surface area contributed by atoms with Gasteiger partial charge in [0.05, 0.1) is 26.6 Å². The van der Waals surface area contributed by atoms with Crippen molar-refractivity contribution in [1.29, 1.82) is 0 Å². The molecule has 0 radical (unpaired) electrons. The largest absolute Gasteiger partial charge is 0.331 e. The van der Waals surface area contributed by atoms with Gasteiger partial charge in [-0.2, -0.15) is 4.65 Å². The molecular formula is C12H23N2O2+. The molecule has 16 heavy (non-hydrogen) atoms. The number of hydroxylamine groups is 3. The molecule has 3 fully saturated rings. The van der Waals surface area contributed by atoms with Crippen LogP contribution in [0.1, 0.15) is 34.1 Å². The van der Waals surface area contributed by atoms with E-state index in [9.17, 15) is 4.79 Å². The Bertz CT molecular complexity index is 297. The number of nitrogens with zero attached hydrogens (tertiary/aromatic N) is 2. The van der Waals surface area contributed by atoms with Crippen LogP contribution in [0.4, 0.5) is 0 Å². The standard InChI is InChI=1S/C12H23N2O2/c1-9(15)13-7-10-6-11(8-13)14(10,16-5)12(2,3)4/h10-11H,6-8H2,1-5H3/q+1. The SMILES string of the molecule is CO[N+]1(C(C)(C)C)C2CC1CN(C(C)=O)C2. The normalized spacial score (nSPS) is 38.2. The first-order valence-corrected chi connectivity index (χ1v) is 6.02. The second kappa shape index (κ2) is 3.44. The average Bonchev–Trinajstić information content (AvgIpc) is 2.16. The Labute approximate surface area is 97.7 Å². The molecule has 92 valence electrons. The van der Waals surface area contributed by atoms with Crippen molar-refractivity contribution in [2.24, 2.45) is 0 Å². The van der Waals surface area contributed by atoms with E-state index in [4.69, 9.17) is 4.84 Å². The lowest BCUT2D eigenvalue weighted by atomic mass is 9.80. The van der Waals surface area contributed by atoms with Crippen LogP contribution in [-0.4, -0.2) is 53.3 Å². The van der Waals surface area contributed by atoms with E-state index in [0.717, 1.165) is 17.7 Å². The molecule has 1 amide bonds. The van der Waals surface area contributed by atoms with Gasteiger partial charge < -0.3 is 4.90 Å². The predicted octanol–water partition coefficient (Wildman–Crippen LogP) is 1.17. The minimum Gasteiger partial charge on any atom is -0.331 e. The van der Waals surface area contributed by atoms with Gasteiger partial charge in [-0.1, -0.05) is 0 Å². The smallest absolute Gasteiger partial charge is 0.219 e. The van der Waals surface area contributed by atoms with Gasteiger partial charge in [0.15, 0.2) is 0 Å². The monoisotopic (exact) mass is 227 g/mol. The molecule has 0 aliphatic carbocycles. The third kappa shape index (κ3) is 1.32. The Kier molecular flexibility index (Phi) is 2.55. The summed E-state index contributed by atoms with van der Waals surface area (Å²) >= 11 is 0. The molecule has 3 heterocycles. The zero-order chi connectivity index (χ0) is 12.1. The molecule has 3 aliphatic heterocycles. The fraction of sp³-hybridized carbons (Fsp3) is 0.917.